The Morgan fingerprint density at radius 1 is 1.11 bits per heavy atom. The van der Waals surface area contributed by atoms with E-state index in [2.05, 4.69) is 51.2 Å². The lowest BCUT2D eigenvalue weighted by Gasteiger charge is -2.19. The van der Waals surface area contributed by atoms with Gasteiger partial charge in [-0.1, -0.05) is 51.8 Å². The topological polar surface area (TPSA) is 21.3 Å². The zero-order chi connectivity index (χ0) is 14.1. The predicted octanol–water partition coefficient (Wildman–Crippen LogP) is 4.36. The Bertz CT molecular complexity index is 349. The van der Waals surface area contributed by atoms with E-state index in [9.17, 15) is 0 Å². The highest BCUT2D eigenvalue weighted by molar-refractivity contribution is 5.35. The summed E-state index contributed by atoms with van der Waals surface area (Å²) in [5.74, 6) is 1.53. The van der Waals surface area contributed by atoms with Gasteiger partial charge in [-0.25, -0.2) is 0 Å². The smallest absolute Gasteiger partial charge is 0.123 e. The predicted molar refractivity (Wildman–Crippen MR) is 83.0 cm³/mol. The number of ether oxygens (including phenoxy) is 1. The van der Waals surface area contributed by atoms with E-state index in [0.717, 1.165) is 18.8 Å². The van der Waals surface area contributed by atoms with Crippen LogP contribution in [0.2, 0.25) is 0 Å². The average Bonchev–Trinajstić information content (AvgIpc) is 2.39. The van der Waals surface area contributed by atoms with Crippen LogP contribution in [0.15, 0.2) is 24.3 Å². The molecule has 1 aromatic carbocycles. The van der Waals surface area contributed by atoms with Gasteiger partial charge in [0.15, 0.2) is 0 Å². The summed E-state index contributed by atoms with van der Waals surface area (Å²) in [5, 5.41) is 3.46. The van der Waals surface area contributed by atoms with Crippen LogP contribution in [0, 0.1) is 0 Å². The summed E-state index contributed by atoms with van der Waals surface area (Å²) in [6, 6.07) is 8.35. The van der Waals surface area contributed by atoms with E-state index >= 15 is 0 Å². The Labute approximate surface area is 118 Å². The van der Waals surface area contributed by atoms with Gasteiger partial charge >= 0.3 is 0 Å². The largest absolute Gasteiger partial charge is 0.489 e. The molecule has 1 atom stereocenters. The third-order valence-corrected chi connectivity index (χ3v) is 3.26. The fraction of sp³-hybridized carbons (Fsp3) is 0.647. The van der Waals surface area contributed by atoms with E-state index in [1.807, 2.05) is 6.07 Å². The molecule has 0 spiro atoms. The van der Waals surface area contributed by atoms with Gasteiger partial charge in [0.2, 0.25) is 0 Å². The molecular formula is C17H29NO. The molecule has 1 aromatic rings. The van der Waals surface area contributed by atoms with Crippen molar-refractivity contribution in [2.45, 2.75) is 59.0 Å². The molecule has 2 nitrogen and oxygen atoms in total. The maximum Gasteiger partial charge on any atom is 0.123 e. The van der Waals surface area contributed by atoms with Gasteiger partial charge in [-0.05, 0) is 37.4 Å². The monoisotopic (exact) mass is 263 g/mol. The number of para-hydroxylation sites is 1. The first kappa shape index (κ1) is 16.0. The van der Waals surface area contributed by atoms with Crippen LogP contribution in [-0.2, 0) is 0 Å². The Morgan fingerprint density at radius 2 is 1.84 bits per heavy atom. The Hall–Kier alpha value is -1.02. The Morgan fingerprint density at radius 3 is 2.53 bits per heavy atom. The molecule has 0 heterocycles. The van der Waals surface area contributed by atoms with Crippen molar-refractivity contribution < 1.29 is 4.74 Å². The summed E-state index contributed by atoms with van der Waals surface area (Å²) >= 11 is 0. The maximum absolute atomic E-state index is 6.05. The second-order valence-electron chi connectivity index (χ2n) is 5.53. The Balaban J connectivity index is 2.37. The molecule has 0 aliphatic rings. The molecule has 0 bridgehead atoms. The molecule has 0 aliphatic carbocycles. The molecule has 0 saturated heterocycles. The lowest BCUT2D eigenvalue weighted by molar-refractivity contribution is 0.214. The van der Waals surface area contributed by atoms with Crippen molar-refractivity contribution in [3.8, 4) is 5.75 Å². The van der Waals surface area contributed by atoms with Crippen molar-refractivity contribution in [2.75, 3.05) is 13.1 Å². The van der Waals surface area contributed by atoms with Crippen molar-refractivity contribution in [3.63, 3.8) is 0 Å². The summed E-state index contributed by atoms with van der Waals surface area (Å²) in [5.41, 5.74) is 1.29. The van der Waals surface area contributed by atoms with E-state index in [1.165, 1.54) is 24.8 Å². The molecule has 19 heavy (non-hydrogen) atoms. The fourth-order valence-corrected chi connectivity index (χ4v) is 2.13. The van der Waals surface area contributed by atoms with Crippen LogP contribution in [0.3, 0.4) is 0 Å². The first-order valence-corrected chi connectivity index (χ1v) is 7.61. The minimum atomic E-state index is 0.210. The molecule has 0 aromatic heterocycles. The van der Waals surface area contributed by atoms with Gasteiger partial charge in [-0.3, -0.25) is 0 Å². The second-order valence-corrected chi connectivity index (χ2v) is 5.53. The molecule has 108 valence electrons. The van der Waals surface area contributed by atoms with Gasteiger partial charge in [-0.2, -0.15) is 0 Å². The zero-order valence-corrected chi connectivity index (χ0v) is 12.9. The van der Waals surface area contributed by atoms with Gasteiger partial charge in [0.25, 0.3) is 0 Å². The van der Waals surface area contributed by atoms with Gasteiger partial charge in [0.1, 0.15) is 11.9 Å². The molecular weight excluding hydrogens is 234 g/mol. The summed E-state index contributed by atoms with van der Waals surface area (Å²) in [6.07, 6.45) is 4.04. The summed E-state index contributed by atoms with van der Waals surface area (Å²) < 4.78 is 6.05. The molecule has 1 N–H and O–H groups in total. The number of unbranched alkanes of at least 4 members (excludes halogenated alkanes) is 2. The molecule has 0 radical (unpaired) electrons. The summed E-state index contributed by atoms with van der Waals surface area (Å²) in [6.45, 7) is 10.8. The van der Waals surface area contributed by atoms with Crippen molar-refractivity contribution in [1.82, 2.24) is 5.32 Å². The highest BCUT2D eigenvalue weighted by Gasteiger charge is 2.10. The van der Waals surface area contributed by atoms with Crippen molar-refractivity contribution in [3.05, 3.63) is 29.8 Å². The molecule has 1 rings (SSSR count). The van der Waals surface area contributed by atoms with Crippen LogP contribution in [0.1, 0.15) is 58.4 Å². The van der Waals surface area contributed by atoms with Gasteiger partial charge in [0.05, 0.1) is 0 Å². The first-order chi connectivity index (χ1) is 9.15. The van der Waals surface area contributed by atoms with E-state index < -0.39 is 0 Å². The fourth-order valence-electron chi connectivity index (χ4n) is 2.13. The van der Waals surface area contributed by atoms with E-state index in [4.69, 9.17) is 4.74 Å². The first-order valence-electron chi connectivity index (χ1n) is 7.61. The van der Waals surface area contributed by atoms with Crippen LogP contribution < -0.4 is 10.1 Å². The lowest BCUT2D eigenvalue weighted by atomic mass is 10.0. The number of rotatable bonds is 9. The quantitative estimate of drug-likeness (QED) is 0.668. The normalized spacial score (nSPS) is 12.7. The van der Waals surface area contributed by atoms with Crippen molar-refractivity contribution in [2.24, 2.45) is 0 Å². The molecule has 0 aliphatic heterocycles. The van der Waals surface area contributed by atoms with Crippen molar-refractivity contribution in [1.29, 1.82) is 0 Å². The SMILES string of the molecule is CCCCCNCC(C)Oc1ccccc1C(C)C. The third-order valence-electron chi connectivity index (χ3n) is 3.26. The maximum atomic E-state index is 6.05. The molecule has 1 unspecified atom stereocenters. The Kier molecular flexibility index (Phi) is 7.57. The van der Waals surface area contributed by atoms with Gasteiger partial charge in [0, 0.05) is 6.54 Å². The van der Waals surface area contributed by atoms with E-state index in [0.29, 0.717) is 5.92 Å². The number of benzene rings is 1. The van der Waals surface area contributed by atoms with Crippen LogP contribution in [0.5, 0.6) is 5.75 Å². The minimum absolute atomic E-state index is 0.210. The minimum Gasteiger partial charge on any atom is -0.489 e. The third kappa shape index (κ3) is 6.11. The summed E-state index contributed by atoms with van der Waals surface area (Å²) in [4.78, 5) is 0. The molecule has 2 heteroatoms. The van der Waals surface area contributed by atoms with Gasteiger partial charge in [-0.15, -0.1) is 0 Å². The van der Waals surface area contributed by atoms with Crippen LogP contribution >= 0.6 is 0 Å². The number of hydrogen-bond acceptors (Lipinski definition) is 2. The van der Waals surface area contributed by atoms with Crippen LogP contribution in [0.25, 0.3) is 0 Å². The molecule has 0 amide bonds. The highest BCUT2D eigenvalue weighted by atomic mass is 16.5. The van der Waals surface area contributed by atoms with Crippen LogP contribution in [-0.4, -0.2) is 19.2 Å². The average molecular weight is 263 g/mol. The molecule has 0 saturated carbocycles. The summed E-state index contributed by atoms with van der Waals surface area (Å²) in [7, 11) is 0. The zero-order valence-electron chi connectivity index (χ0n) is 12.9. The van der Waals surface area contributed by atoms with Gasteiger partial charge < -0.3 is 10.1 Å². The van der Waals surface area contributed by atoms with Crippen LogP contribution in [0.4, 0.5) is 0 Å². The second kappa shape index (κ2) is 8.98. The number of nitrogens with one attached hydrogen (secondary N) is 1. The van der Waals surface area contributed by atoms with E-state index in [1.54, 1.807) is 0 Å². The highest BCUT2D eigenvalue weighted by Crippen LogP contribution is 2.26. The number of hydrogen-bond donors (Lipinski definition) is 1. The molecule has 0 fully saturated rings. The lowest BCUT2D eigenvalue weighted by Crippen LogP contribution is -2.29. The van der Waals surface area contributed by atoms with Crippen molar-refractivity contribution >= 4 is 0 Å². The van der Waals surface area contributed by atoms with E-state index in [-0.39, 0.29) is 6.10 Å². The standard InChI is InChI=1S/C17H29NO/c1-5-6-9-12-18-13-15(4)19-17-11-8-7-10-16(17)14(2)3/h7-8,10-11,14-15,18H,5-6,9,12-13H2,1-4H3.